The Morgan fingerprint density at radius 3 is 2.45 bits per heavy atom. The summed E-state index contributed by atoms with van der Waals surface area (Å²) < 4.78 is 5.44. The highest BCUT2D eigenvalue weighted by Crippen LogP contribution is 2.22. The van der Waals surface area contributed by atoms with E-state index in [1.54, 1.807) is 19.2 Å². The fourth-order valence-corrected chi connectivity index (χ4v) is 2.43. The minimum atomic E-state index is -0.772. The van der Waals surface area contributed by atoms with Crippen LogP contribution in [-0.2, 0) is 16.1 Å². The Labute approximate surface area is 135 Å². The quantitative estimate of drug-likeness (QED) is 0.629. The molecule has 1 aliphatic rings. The highest BCUT2D eigenvalue weighted by Gasteiger charge is 2.39. The summed E-state index contributed by atoms with van der Waals surface area (Å²) in [5.74, 6) is -0.134. The Bertz CT molecular complexity index is 515. The van der Waals surface area contributed by atoms with E-state index in [0.717, 1.165) is 18.7 Å². The number of halogens is 1. The summed E-state index contributed by atoms with van der Waals surface area (Å²) in [5.41, 5.74) is 0.0809. The molecule has 1 heterocycles. The van der Waals surface area contributed by atoms with Crippen molar-refractivity contribution in [2.24, 2.45) is 0 Å². The smallest absolute Gasteiger partial charge is 0.269 e. The molecule has 2 N–H and O–H groups in total. The number of piperidine rings is 1. The number of carbonyl (C=O) groups excluding carboxylic acids is 1. The van der Waals surface area contributed by atoms with E-state index in [9.17, 15) is 14.9 Å². The van der Waals surface area contributed by atoms with E-state index in [4.69, 9.17) is 4.74 Å². The molecule has 1 saturated heterocycles. The van der Waals surface area contributed by atoms with E-state index in [2.05, 4.69) is 10.6 Å². The summed E-state index contributed by atoms with van der Waals surface area (Å²) in [6.07, 6.45) is 1.27. The average Bonchev–Trinajstić information content (AvgIpc) is 2.53. The Morgan fingerprint density at radius 2 is 1.95 bits per heavy atom. The Balaban J connectivity index is 0.00000242. The third-order valence-electron chi connectivity index (χ3n) is 3.82. The lowest BCUT2D eigenvalue weighted by atomic mass is 9.91. The number of nitrogens with zero attached hydrogens (tertiary/aromatic N) is 1. The van der Waals surface area contributed by atoms with Crippen LogP contribution in [-0.4, -0.2) is 36.6 Å². The highest BCUT2D eigenvalue weighted by atomic mass is 35.5. The number of methoxy groups -OCH3 is 1. The Hall–Kier alpha value is -1.70. The molecule has 0 bridgehead atoms. The first-order valence-corrected chi connectivity index (χ1v) is 6.85. The minimum absolute atomic E-state index is 0. The van der Waals surface area contributed by atoms with Crippen molar-refractivity contribution in [1.82, 2.24) is 10.6 Å². The van der Waals surface area contributed by atoms with E-state index in [-0.39, 0.29) is 24.0 Å². The molecule has 0 atom stereocenters. The number of non-ortho nitro benzene ring substituents is 1. The second kappa shape index (κ2) is 8.07. The predicted octanol–water partition coefficient (Wildman–Crippen LogP) is 1.40. The van der Waals surface area contributed by atoms with Gasteiger partial charge in [-0.2, -0.15) is 0 Å². The molecule has 0 unspecified atom stereocenters. The second-order valence-corrected chi connectivity index (χ2v) is 5.05. The van der Waals surface area contributed by atoms with Crippen LogP contribution < -0.4 is 10.6 Å². The molecule has 1 amide bonds. The summed E-state index contributed by atoms with van der Waals surface area (Å²) in [5, 5.41) is 16.6. The van der Waals surface area contributed by atoms with E-state index in [0.29, 0.717) is 19.4 Å². The maximum Gasteiger partial charge on any atom is 0.269 e. The van der Waals surface area contributed by atoms with Gasteiger partial charge < -0.3 is 15.4 Å². The van der Waals surface area contributed by atoms with Gasteiger partial charge in [-0.1, -0.05) is 12.1 Å². The topological polar surface area (TPSA) is 93.5 Å². The van der Waals surface area contributed by atoms with Crippen molar-refractivity contribution >= 4 is 24.0 Å². The van der Waals surface area contributed by atoms with Crippen LogP contribution in [0.5, 0.6) is 0 Å². The van der Waals surface area contributed by atoms with E-state index >= 15 is 0 Å². The van der Waals surface area contributed by atoms with E-state index in [1.165, 1.54) is 12.1 Å². The van der Waals surface area contributed by atoms with Crippen LogP contribution in [0.15, 0.2) is 24.3 Å². The summed E-state index contributed by atoms with van der Waals surface area (Å²) in [4.78, 5) is 22.5. The summed E-state index contributed by atoms with van der Waals surface area (Å²) in [6.45, 7) is 1.83. The predicted molar refractivity (Wildman–Crippen MR) is 84.0 cm³/mol. The Kier molecular flexibility index (Phi) is 6.73. The van der Waals surface area contributed by atoms with Gasteiger partial charge in [-0.25, -0.2) is 0 Å². The molecule has 0 radical (unpaired) electrons. The molecule has 0 spiro atoms. The van der Waals surface area contributed by atoms with E-state index in [1.807, 2.05) is 0 Å². The molecule has 2 rings (SSSR count). The van der Waals surface area contributed by atoms with Crippen LogP contribution in [0, 0.1) is 10.1 Å². The average molecular weight is 330 g/mol. The number of nitro benzene ring substituents is 1. The van der Waals surface area contributed by atoms with Gasteiger partial charge in [0.25, 0.3) is 11.6 Å². The van der Waals surface area contributed by atoms with Gasteiger partial charge >= 0.3 is 0 Å². The third kappa shape index (κ3) is 4.16. The number of nitro groups is 1. The highest BCUT2D eigenvalue weighted by molar-refractivity contribution is 5.85. The molecule has 1 aromatic rings. The largest absolute Gasteiger partial charge is 0.368 e. The van der Waals surface area contributed by atoms with E-state index < -0.39 is 10.5 Å². The van der Waals surface area contributed by atoms with Gasteiger partial charge in [-0.3, -0.25) is 14.9 Å². The lowest BCUT2D eigenvalue weighted by Crippen LogP contribution is -2.53. The van der Waals surface area contributed by atoms with Crippen LogP contribution in [0.25, 0.3) is 0 Å². The number of carbonyl (C=O) groups is 1. The van der Waals surface area contributed by atoms with Gasteiger partial charge in [-0.15, -0.1) is 12.4 Å². The maximum absolute atomic E-state index is 12.3. The zero-order valence-corrected chi connectivity index (χ0v) is 13.1. The first-order chi connectivity index (χ1) is 10.1. The summed E-state index contributed by atoms with van der Waals surface area (Å²) in [7, 11) is 1.55. The van der Waals surface area contributed by atoms with Crippen LogP contribution in [0.1, 0.15) is 18.4 Å². The number of nitrogens with one attached hydrogen (secondary N) is 2. The summed E-state index contributed by atoms with van der Waals surface area (Å²) in [6, 6.07) is 6.14. The van der Waals surface area contributed by atoms with Crippen molar-refractivity contribution < 1.29 is 14.5 Å². The second-order valence-electron chi connectivity index (χ2n) is 5.05. The molecular formula is C14H20ClN3O4. The molecule has 122 valence electrons. The maximum atomic E-state index is 12.3. The van der Waals surface area contributed by atoms with Crippen LogP contribution >= 0.6 is 12.4 Å². The minimum Gasteiger partial charge on any atom is -0.368 e. The lowest BCUT2D eigenvalue weighted by molar-refractivity contribution is -0.384. The Morgan fingerprint density at radius 1 is 1.36 bits per heavy atom. The van der Waals surface area contributed by atoms with Crippen LogP contribution in [0.3, 0.4) is 0 Å². The fourth-order valence-electron chi connectivity index (χ4n) is 2.43. The van der Waals surface area contributed by atoms with Crippen molar-refractivity contribution in [3.05, 3.63) is 39.9 Å². The molecule has 8 heteroatoms. The van der Waals surface area contributed by atoms with Gasteiger partial charge in [0.05, 0.1) is 4.92 Å². The fraction of sp³-hybridized carbons (Fsp3) is 0.500. The molecule has 22 heavy (non-hydrogen) atoms. The monoisotopic (exact) mass is 329 g/mol. The first kappa shape index (κ1) is 18.3. The van der Waals surface area contributed by atoms with Crippen molar-refractivity contribution in [2.75, 3.05) is 20.2 Å². The molecule has 1 aliphatic heterocycles. The number of amides is 1. The van der Waals surface area contributed by atoms with Gasteiger partial charge in [-0.05, 0) is 31.5 Å². The molecule has 1 aromatic carbocycles. The van der Waals surface area contributed by atoms with Gasteiger partial charge in [0.1, 0.15) is 5.60 Å². The number of hydrogen-bond acceptors (Lipinski definition) is 5. The number of hydrogen-bond donors (Lipinski definition) is 2. The zero-order chi connectivity index (χ0) is 15.3. The van der Waals surface area contributed by atoms with Gasteiger partial charge in [0, 0.05) is 25.8 Å². The van der Waals surface area contributed by atoms with Crippen molar-refractivity contribution in [3.8, 4) is 0 Å². The van der Waals surface area contributed by atoms with Gasteiger partial charge in [0.2, 0.25) is 0 Å². The van der Waals surface area contributed by atoms with Crippen molar-refractivity contribution in [2.45, 2.75) is 25.0 Å². The molecule has 1 fully saturated rings. The zero-order valence-electron chi connectivity index (χ0n) is 12.3. The first-order valence-electron chi connectivity index (χ1n) is 6.85. The number of benzene rings is 1. The molecule has 0 aromatic heterocycles. The molecular weight excluding hydrogens is 310 g/mol. The van der Waals surface area contributed by atoms with Crippen LogP contribution in [0.2, 0.25) is 0 Å². The van der Waals surface area contributed by atoms with Crippen LogP contribution in [0.4, 0.5) is 5.69 Å². The number of rotatable bonds is 5. The lowest BCUT2D eigenvalue weighted by Gasteiger charge is -2.34. The number of ether oxygens (including phenoxy) is 1. The summed E-state index contributed by atoms with van der Waals surface area (Å²) >= 11 is 0. The molecule has 0 aliphatic carbocycles. The molecule has 7 nitrogen and oxygen atoms in total. The SMILES string of the molecule is COC1(C(=O)NCc2ccc([N+](=O)[O-])cc2)CCNCC1.Cl. The van der Waals surface area contributed by atoms with Crippen molar-refractivity contribution in [1.29, 1.82) is 0 Å². The normalized spacial score (nSPS) is 16.4. The van der Waals surface area contributed by atoms with Gasteiger partial charge in [0.15, 0.2) is 0 Å². The van der Waals surface area contributed by atoms with Crippen molar-refractivity contribution in [3.63, 3.8) is 0 Å². The molecule has 0 saturated carbocycles. The standard InChI is InChI=1S/C14H19N3O4.ClH/c1-21-14(6-8-15-9-7-14)13(18)16-10-11-2-4-12(5-3-11)17(19)20;/h2-5,15H,6-10H2,1H3,(H,16,18);1H. The third-order valence-corrected chi connectivity index (χ3v) is 3.82.